The summed E-state index contributed by atoms with van der Waals surface area (Å²) in [5.74, 6) is -0.115. The van der Waals surface area contributed by atoms with Crippen LogP contribution in [0, 0.1) is 0 Å². The zero-order chi connectivity index (χ0) is 13.0. The van der Waals surface area contributed by atoms with E-state index in [0.29, 0.717) is 5.02 Å². The fourth-order valence-electron chi connectivity index (χ4n) is 1.27. The van der Waals surface area contributed by atoms with Gasteiger partial charge in [0.2, 0.25) is 0 Å². The Morgan fingerprint density at radius 3 is 2.65 bits per heavy atom. The molecule has 0 bridgehead atoms. The summed E-state index contributed by atoms with van der Waals surface area (Å²) in [5, 5.41) is 29.2. The van der Waals surface area contributed by atoms with Gasteiger partial charge in [0.25, 0.3) is 0 Å². The molecule has 3 N–H and O–H groups in total. The predicted octanol–water partition coefficient (Wildman–Crippen LogP) is 1.72. The molecule has 0 aliphatic rings. The van der Waals surface area contributed by atoms with Crippen LogP contribution < -0.4 is 0 Å². The number of aliphatic hydroxyl groups excluding tert-OH is 2. The van der Waals surface area contributed by atoms with Crippen LogP contribution in [0.5, 0.6) is 5.75 Å². The van der Waals surface area contributed by atoms with Crippen molar-refractivity contribution in [2.45, 2.75) is 19.1 Å². The van der Waals surface area contributed by atoms with E-state index in [1.54, 1.807) is 0 Å². The van der Waals surface area contributed by atoms with E-state index in [1.807, 2.05) is 0 Å². The summed E-state index contributed by atoms with van der Waals surface area (Å²) < 4.78 is 0. The Morgan fingerprint density at radius 2 is 2.12 bits per heavy atom. The average molecular weight is 277 g/mol. The molecule has 0 amide bonds. The highest BCUT2D eigenvalue weighted by Gasteiger charge is 2.21. The first-order chi connectivity index (χ1) is 7.91. The van der Waals surface area contributed by atoms with Crippen molar-refractivity contribution in [2.24, 2.45) is 0 Å². The molecule has 1 aromatic carbocycles. The number of carbonyl (C=O) groups excluding carboxylic acids is 1. The Labute approximate surface area is 108 Å². The van der Waals surface area contributed by atoms with Crippen molar-refractivity contribution in [3.05, 3.63) is 28.8 Å². The Hall–Kier alpha value is -0.750. The lowest BCUT2D eigenvalue weighted by Gasteiger charge is -2.18. The molecular formula is C11H13ClO4S. The van der Waals surface area contributed by atoms with Gasteiger partial charge in [-0.05, 0) is 12.1 Å². The minimum absolute atomic E-state index is 0.0680. The van der Waals surface area contributed by atoms with Crippen LogP contribution in [0.4, 0.5) is 0 Å². The highest BCUT2D eigenvalue weighted by molar-refractivity contribution is 8.13. The minimum Gasteiger partial charge on any atom is -0.508 e. The molecule has 1 aromatic rings. The van der Waals surface area contributed by atoms with Gasteiger partial charge in [0.1, 0.15) is 11.9 Å². The number of carbonyl (C=O) groups is 1. The van der Waals surface area contributed by atoms with Crippen LogP contribution in [0.1, 0.15) is 18.6 Å². The molecule has 0 aromatic heterocycles. The van der Waals surface area contributed by atoms with Gasteiger partial charge in [0, 0.05) is 23.3 Å². The van der Waals surface area contributed by atoms with E-state index in [2.05, 4.69) is 0 Å². The molecule has 2 unspecified atom stereocenters. The van der Waals surface area contributed by atoms with Crippen molar-refractivity contribution in [1.29, 1.82) is 0 Å². The third kappa shape index (κ3) is 4.20. The van der Waals surface area contributed by atoms with Gasteiger partial charge in [-0.15, -0.1) is 0 Å². The molecule has 0 saturated carbocycles. The van der Waals surface area contributed by atoms with Crippen molar-refractivity contribution in [1.82, 2.24) is 0 Å². The third-order valence-corrected chi connectivity index (χ3v) is 3.28. The Kier molecular flexibility index (Phi) is 5.27. The van der Waals surface area contributed by atoms with Gasteiger partial charge in [0.15, 0.2) is 5.12 Å². The van der Waals surface area contributed by atoms with Gasteiger partial charge in [-0.2, -0.15) is 0 Å². The summed E-state index contributed by atoms with van der Waals surface area (Å²) in [6.45, 7) is 1.38. The van der Waals surface area contributed by atoms with E-state index in [0.717, 1.165) is 11.8 Å². The highest BCUT2D eigenvalue weighted by atomic mass is 35.5. The first kappa shape index (κ1) is 14.3. The van der Waals surface area contributed by atoms with E-state index in [1.165, 1.54) is 25.1 Å². The summed E-state index contributed by atoms with van der Waals surface area (Å²) in [6, 6.07) is 4.22. The monoisotopic (exact) mass is 276 g/mol. The van der Waals surface area contributed by atoms with Crippen LogP contribution in [-0.2, 0) is 4.79 Å². The SMILES string of the molecule is CC(=O)SCC(O)C(O)c1ccc(Cl)cc1O. The minimum atomic E-state index is -1.25. The summed E-state index contributed by atoms with van der Waals surface area (Å²) in [6.07, 6.45) is -2.38. The molecule has 0 aliphatic heterocycles. The molecule has 2 atom stereocenters. The first-order valence-corrected chi connectivity index (χ1v) is 6.26. The molecule has 6 heteroatoms. The predicted molar refractivity (Wildman–Crippen MR) is 67.2 cm³/mol. The smallest absolute Gasteiger partial charge is 0.185 e. The topological polar surface area (TPSA) is 77.8 Å². The summed E-state index contributed by atoms with van der Waals surface area (Å²) in [5.41, 5.74) is 0.186. The number of phenolic OH excluding ortho intramolecular Hbond substituents is 1. The molecule has 1 rings (SSSR count). The summed E-state index contributed by atoms with van der Waals surface area (Å²) >= 11 is 6.57. The van der Waals surface area contributed by atoms with E-state index in [9.17, 15) is 20.1 Å². The fraction of sp³-hybridized carbons (Fsp3) is 0.364. The van der Waals surface area contributed by atoms with Crippen LogP contribution in [0.2, 0.25) is 5.02 Å². The van der Waals surface area contributed by atoms with Gasteiger partial charge >= 0.3 is 0 Å². The standard InChI is InChI=1S/C11H13ClO4S/c1-6(13)17-5-10(15)11(16)8-3-2-7(12)4-9(8)14/h2-4,10-11,14-16H,5H2,1H3. The van der Waals surface area contributed by atoms with Gasteiger partial charge < -0.3 is 15.3 Å². The number of hydrogen-bond donors (Lipinski definition) is 3. The molecule has 0 radical (unpaired) electrons. The van der Waals surface area contributed by atoms with Crippen LogP contribution >= 0.6 is 23.4 Å². The van der Waals surface area contributed by atoms with E-state index >= 15 is 0 Å². The number of halogens is 1. The molecule has 4 nitrogen and oxygen atoms in total. The maximum atomic E-state index is 10.7. The van der Waals surface area contributed by atoms with Crippen molar-refractivity contribution >= 4 is 28.5 Å². The lowest BCUT2D eigenvalue weighted by Crippen LogP contribution is -2.21. The maximum absolute atomic E-state index is 10.7. The molecule has 0 spiro atoms. The van der Waals surface area contributed by atoms with Crippen molar-refractivity contribution in [3.8, 4) is 5.75 Å². The zero-order valence-electron chi connectivity index (χ0n) is 9.13. The van der Waals surface area contributed by atoms with Gasteiger partial charge in [-0.25, -0.2) is 0 Å². The van der Waals surface area contributed by atoms with Crippen molar-refractivity contribution in [3.63, 3.8) is 0 Å². The molecule has 0 saturated heterocycles. The van der Waals surface area contributed by atoms with Crippen LogP contribution in [0.15, 0.2) is 18.2 Å². The van der Waals surface area contributed by atoms with Gasteiger partial charge in [-0.3, -0.25) is 4.79 Å². The van der Waals surface area contributed by atoms with E-state index in [4.69, 9.17) is 11.6 Å². The lowest BCUT2D eigenvalue weighted by atomic mass is 10.0. The van der Waals surface area contributed by atoms with Crippen LogP contribution in [-0.4, -0.2) is 32.3 Å². The molecule has 0 aliphatic carbocycles. The van der Waals surface area contributed by atoms with Gasteiger partial charge in [-0.1, -0.05) is 29.4 Å². The quantitative estimate of drug-likeness (QED) is 0.780. The second-order valence-corrected chi connectivity index (χ2v) is 5.15. The second-order valence-electron chi connectivity index (χ2n) is 3.52. The second kappa shape index (κ2) is 6.26. The first-order valence-electron chi connectivity index (χ1n) is 4.89. The number of hydrogen-bond acceptors (Lipinski definition) is 5. The zero-order valence-corrected chi connectivity index (χ0v) is 10.7. The molecular weight excluding hydrogens is 264 g/mol. The van der Waals surface area contributed by atoms with Crippen molar-refractivity contribution < 1.29 is 20.1 Å². The molecule has 0 fully saturated rings. The van der Waals surface area contributed by atoms with Crippen molar-refractivity contribution in [2.75, 3.05) is 5.75 Å². The molecule has 0 heterocycles. The highest BCUT2D eigenvalue weighted by Crippen LogP contribution is 2.30. The number of aliphatic hydroxyl groups is 2. The number of phenols is 1. The normalized spacial score (nSPS) is 14.4. The Balaban J connectivity index is 2.74. The summed E-state index contributed by atoms with van der Waals surface area (Å²) in [4.78, 5) is 10.7. The Bertz CT molecular complexity index is 410. The van der Waals surface area contributed by atoms with E-state index < -0.39 is 12.2 Å². The maximum Gasteiger partial charge on any atom is 0.185 e. The largest absolute Gasteiger partial charge is 0.508 e. The number of aromatic hydroxyl groups is 1. The van der Waals surface area contributed by atoms with Gasteiger partial charge in [0.05, 0.1) is 6.10 Å². The fourth-order valence-corrected chi connectivity index (χ4v) is 2.02. The van der Waals surface area contributed by atoms with E-state index in [-0.39, 0.29) is 22.2 Å². The lowest BCUT2D eigenvalue weighted by molar-refractivity contribution is -0.109. The third-order valence-electron chi connectivity index (χ3n) is 2.13. The number of rotatable bonds is 4. The summed E-state index contributed by atoms with van der Waals surface area (Å²) in [7, 11) is 0. The number of thioether (sulfide) groups is 1. The molecule has 17 heavy (non-hydrogen) atoms. The average Bonchev–Trinajstić information content (AvgIpc) is 2.25. The van der Waals surface area contributed by atoms with Crippen LogP contribution in [0.3, 0.4) is 0 Å². The van der Waals surface area contributed by atoms with Crippen LogP contribution in [0.25, 0.3) is 0 Å². The Morgan fingerprint density at radius 1 is 1.47 bits per heavy atom. The molecule has 94 valence electrons. The number of benzene rings is 1.